The van der Waals surface area contributed by atoms with Gasteiger partial charge in [0.05, 0.1) is 0 Å². The van der Waals surface area contributed by atoms with Crippen LogP contribution in [-0.4, -0.2) is 11.0 Å². The van der Waals surface area contributed by atoms with Crippen LogP contribution >= 0.6 is 0 Å². The Labute approximate surface area is 112 Å². The summed E-state index contributed by atoms with van der Waals surface area (Å²) >= 11 is 0. The lowest BCUT2D eigenvalue weighted by molar-refractivity contribution is -0.127. The Bertz CT molecular complexity index is 539. The molecule has 0 bridgehead atoms. The van der Waals surface area contributed by atoms with Crippen LogP contribution in [-0.2, 0) is 16.9 Å². The number of carbonyl (C=O) groups is 1. The van der Waals surface area contributed by atoms with Crippen LogP contribution in [0.25, 0.3) is 0 Å². The summed E-state index contributed by atoms with van der Waals surface area (Å²) in [6.07, 6.45) is 0.331. The highest BCUT2D eigenvalue weighted by molar-refractivity contribution is 5.73. The highest BCUT2D eigenvalue weighted by Crippen LogP contribution is 2.23. The largest absolute Gasteiger partial charge is 0.367 e. The van der Waals surface area contributed by atoms with Gasteiger partial charge in [0, 0.05) is 18.9 Å². The quantitative estimate of drug-likeness (QED) is 0.823. The van der Waals surface area contributed by atoms with Gasteiger partial charge in [-0.15, -0.1) is 0 Å². The smallest absolute Gasteiger partial charge is 0.219 e. The summed E-state index contributed by atoms with van der Waals surface area (Å²) < 4.78 is 0. The lowest BCUT2D eigenvalue weighted by Gasteiger charge is -2.29. The molecular formula is C16H17NO2. The number of hydrogen-bond acceptors (Lipinski definition) is 2. The molecule has 1 atom stereocenters. The van der Waals surface area contributed by atoms with Gasteiger partial charge in [-0.1, -0.05) is 60.7 Å². The summed E-state index contributed by atoms with van der Waals surface area (Å²) in [6, 6.07) is 18.8. The highest BCUT2D eigenvalue weighted by Gasteiger charge is 2.30. The highest BCUT2D eigenvalue weighted by atomic mass is 16.3. The van der Waals surface area contributed by atoms with Crippen molar-refractivity contribution in [3.05, 3.63) is 71.8 Å². The Morgan fingerprint density at radius 1 is 1.05 bits per heavy atom. The van der Waals surface area contributed by atoms with Gasteiger partial charge < -0.3 is 10.4 Å². The maximum Gasteiger partial charge on any atom is 0.219 e. The van der Waals surface area contributed by atoms with Crippen LogP contribution in [0.3, 0.4) is 0 Å². The first-order valence-corrected chi connectivity index (χ1v) is 6.21. The predicted octanol–water partition coefficient (Wildman–Crippen LogP) is 2.21. The van der Waals surface area contributed by atoms with Crippen molar-refractivity contribution in [3.63, 3.8) is 0 Å². The number of rotatable bonds is 4. The average Bonchev–Trinajstić information content (AvgIpc) is 2.40. The summed E-state index contributed by atoms with van der Waals surface area (Å²) in [5.74, 6) is -0.262. The normalized spacial score (nSPS) is 13.6. The van der Waals surface area contributed by atoms with E-state index >= 15 is 0 Å². The van der Waals surface area contributed by atoms with Gasteiger partial charge >= 0.3 is 0 Å². The van der Waals surface area contributed by atoms with Crippen molar-refractivity contribution < 1.29 is 9.90 Å². The third kappa shape index (κ3) is 3.42. The third-order valence-corrected chi connectivity index (χ3v) is 2.94. The van der Waals surface area contributed by atoms with Crippen LogP contribution in [0, 0.1) is 0 Å². The summed E-state index contributed by atoms with van der Waals surface area (Å²) in [6.45, 7) is 1.40. The molecule has 98 valence electrons. The molecule has 0 radical (unpaired) electrons. The van der Waals surface area contributed by atoms with Crippen LogP contribution in [0.5, 0.6) is 0 Å². The van der Waals surface area contributed by atoms with Crippen molar-refractivity contribution in [2.24, 2.45) is 0 Å². The van der Waals surface area contributed by atoms with Crippen molar-refractivity contribution in [2.75, 3.05) is 0 Å². The molecule has 2 aromatic rings. The van der Waals surface area contributed by atoms with Gasteiger partial charge in [0.1, 0.15) is 0 Å². The molecule has 0 saturated heterocycles. The van der Waals surface area contributed by atoms with E-state index in [4.69, 9.17) is 0 Å². The first kappa shape index (κ1) is 13.3. The monoisotopic (exact) mass is 255 g/mol. The van der Waals surface area contributed by atoms with E-state index in [1.54, 1.807) is 12.1 Å². The molecule has 19 heavy (non-hydrogen) atoms. The van der Waals surface area contributed by atoms with Gasteiger partial charge in [0.25, 0.3) is 0 Å². The fourth-order valence-electron chi connectivity index (χ4n) is 2.11. The Morgan fingerprint density at radius 2 is 1.58 bits per heavy atom. The van der Waals surface area contributed by atoms with E-state index in [9.17, 15) is 9.90 Å². The molecule has 2 N–H and O–H groups in total. The molecule has 1 unspecified atom stereocenters. The van der Waals surface area contributed by atoms with Gasteiger partial charge in [-0.05, 0) is 5.56 Å². The van der Waals surface area contributed by atoms with E-state index in [1.807, 2.05) is 48.5 Å². The average molecular weight is 255 g/mol. The number of amides is 1. The predicted molar refractivity (Wildman–Crippen MR) is 74.3 cm³/mol. The van der Waals surface area contributed by atoms with Crippen molar-refractivity contribution in [1.82, 2.24) is 5.32 Å². The minimum Gasteiger partial charge on any atom is -0.367 e. The number of benzene rings is 2. The van der Waals surface area contributed by atoms with Crippen molar-refractivity contribution >= 4 is 5.91 Å². The second-order valence-electron chi connectivity index (χ2n) is 4.57. The van der Waals surface area contributed by atoms with E-state index in [0.717, 1.165) is 5.56 Å². The lowest BCUT2D eigenvalue weighted by Crippen LogP contribution is -2.46. The van der Waals surface area contributed by atoms with Crippen molar-refractivity contribution in [3.8, 4) is 0 Å². The molecule has 0 saturated carbocycles. The fraction of sp³-hybridized carbons (Fsp3) is 0.188. The molecule has 2 aromatic carbocycles. The Balaban J connectivity index is 2.32. The zero-order valence-corrected chi connectivity index (χ0v) is 10.8. The summed E-state index contributed by atoms with van der Waals surface area (Å²) in [5, 5.41) is 13.4. The SMILES string of the molecule is CC(=O)NC(O)(Cc1ccccc1)c1ccccc1. The summed E-state index contributed by atoms with van der Waals surface area (Å²) in [7, 11) is 0. The minimum absolute atomic E-state index is 0.262. The second kappa shape index (κ2) is 5.67. The van der Waals surface area contributed by atoms with Crippen LogP contribution in [0.1, 0.15) is 18.1 Å². The maximum absolute atomic E-state index is 11.4. The summed E-state index contributed by atoms with van der Waals surface area (Å²) in [4.78, 5) is 11.4. The van der Waals surface area contributed by atoms with Gasteiger partial charge in [0.15, 0.2) is 5.72 Å². The first-order chi connectivity index (χ1) is 9.10. The van der Waals surface area contributed by atoms with Crippen LogP contribution in [0.2, 0.25) is 0 Å². The number of carbonyl (C=O) groups excluding carboxylic acids is 1. The standard InChI is InChI=1S/C16H17NO2/c1-13(18)17-16(19,15-10-6-3-7-11-15)12-14-8-4-2-5-9-14/h2-11,19H,12H2,1H3,(H,17,18). The molecule has 0 aliphatic carbocycles. The van der Waals surface area contributed by atoms with Gasteiger partial charge in [-0.2, -0.15) is 0 Å². The Hall–Kier alpha value is -2.13. The van der Waals surface area contributed by atoms with E-state index < -0.39 is 5.72 Å². The maximum atomic E-state index is 11.4. The molecule has 2 rings (SSSR count). The third-order valence-electron chi connectivity index (χ3n) is 2.94. The lowest BCUT2D eigenvalue weighted by atomic mass is 9.95. The van der Waals surface area contributed by atoms with Crippen LogP contribution in [0.15, 0.2) is 60.7 Å². The van der Waals surface area contributed by atoms with Crippen LogP contribution < -0.4 is 5.32 Å². The summed E-state index contributed by atoms with van der Waals surface area (Å²) in [5.41, 5.74) is 0.255. The topological polar surface area (TPSA) is 49.3 Å². The molecule has 0 aromatic heterocycles. The van der Waals surface area contributed by atoms with E-state index in [0.29, 0.717) is 12.0 Å². The van der Waals surface area contributed by atoms with Gasteiger partial charge in [0.2, 0.25) is 5.91 Å². The molecule has 0 spiro atoms. The molecular weight excluding hydrogens is 238 g/mol. The zero-order chi connectivity index (χ0) is 13.7. The van der Waals surface area contributed by atoms with E-state index in [2.05, 4.69) is 5.32 Å². The molecule has 0 aliphatic heterocycles. The Morgan fingerprint density at radius 3 is 2.11 bits per heavy atom. The second-order valence-corrected chi connectivity index (χ2v) is 4.57. The molecule has 0 heterocycles. The molecule has 3 heteroatoms. The van der Waals surface area contributed by atoms with Crippen molar-refractivity contribution in [2.45, 2.75) is 19.1 Å². The molecule has 0 fully saturated rings. The van der Waals surface area contributed by atoms with Crippen LogP contribution in [0.4, 0.5) is 0 Å². The molecule has 0 aliphatic rings. The number of nitrogens with one attached hydrogen (secondary N) is 1. The first-order valence-electron chi connectivity index (χ1n) is 6.21. The van der Waals surface area contributed by atoms with E-state index in [-0.39, 0.29) is 5.91 Å². The molecule has 1 amide bonds. The fourth-order valence-corrected chi connectivity index (χ4v) is 2.11. The number of aliphatic hydroxyl groups is 1. The number of hydrogen-bond donors (Lipinski definition) is 2. The van der Waals surface area contributed by atoms with Gasteiger partial charge in [-0.3, -0.25) is 4.79 Å². The van der Waals surface area contributed by atoms with E-state index in [1.165, 1.54) is 6.92 Å². The minimum atomic E-state index is -1.38. The zero-order valence-electron chi connectivity index (χ0n) is 10.8. The van der Waals surface area contributed by atoms with Crippen molar-refractivity contribution in [1.29, 1.82) is 0 Å². The Kier molecular flexibility index (Phi) is 3.97. The van der Waals surface area contributed by atoms with Gasteiger partial charge in [-0.25, -0.2) is 0 Å². The molecule has 3 nitrogen and oxygen atoms in total.